The highest BCUT2D eigenvalue weighted by molar-refractivity contribution is 7.80. The number of aliphatic hydroxyl groups is 3. The number of aromatic nitrogens is 2. The number of H-pyrrole nitrogens is 1. The summed E-state index contributed by atoms with van der Waals surface area (Å²) in [4.78, 5) is 132. The van der Waals surface area contributed by atoms with Crippen molar-refractivity contribution in [1.82, 2.24) is 52.1 Å². The second kappa shape index (κ2) is 29.3. The number of thiol groups is 2. The van der Waals surface area contributed by atoms with Gasteiger partial charge in [0.05, 0.1) is 31.2 Å². The Balaban J connectivity index is 2.33. The maximum Gasteiger partial charge on any atom is 0.327 e. The highest BCUT2D eigenvalue weighted by atomic mass is 32.1. The Kier molecular flexibility index (Phi) is 25.2. The lowest BCUT2D eigenvalue weighted by molar-refractivity contribution is -0.142. The molecule has 0 bridgehead atoms. The molecule has 2 heterocycles. The van der Waals surface area contributed by atoms with Crippen LogP contribution >= 0.6 is 25.3 Å². The number of carbonyl (C=O) groups is 9. The number of amides is 8. The first kappa shape index (κ1) is 59.4. The summed E-state index contributed by atoms with van der Waals surface area (Å²) in [6, 6.07) is -13.0. The van der Waals surface area contributed by atoms with E-state index < -0.39 is 126 Å². The van der Waals surface area contributed by atoms with Crippen molar-refractivity contribution >= 4 is 84.4 Å². The number of aliphatic carboxylic acids is 1. The molecule has 1 aliphatic heterocycles. The fraction of sp³-hybridized carbons (Fsp3) is 0.675. The van der Waals surface area contributed by atoms with Crippen LogP contribution in [0.2, 0.25) is 0 Å². The summed E-state index contributed by atoms with van der Waals surface area (Å²) in [5.74, 6) is -9.54. The second-order valence-corrected chi connectivity index (χ2v) is 17.5. The van der Waals surface area contributed by atoms with Gasteiger partial charge in [-0.3, -0.25) is 43.3 Å². The molecule has 0 aromatic carbocycles. The second-order valence-electron chi connectivity index (χ2n) is 16.8. The lowest BCUT2D eigenvalue weighted by Crippen LogP contribution is -2.63. The molecule has 1 saturated heterocycles. The fourth-order valence-electron chi connectivity index (χ4n) is 6.93. The van der Waals surface area contributed by atoms with Gasteiger partial charge in [-0.15, -0.1) is 0 Å². The average molecular weight is 1020 g/mol. The van der Waals surface area contributed by atoms with Gasteiger partial charge in [-0.25, -0.2) is 9.78 Å². The molecule has 29 heteroatoms. The number of carboxylic acid groups (broad SMARTS) is 1. The van der Waals surface area contributed by atoms with Crippen LogP contribution in [0.3, 0.4) is 0 Å². The van der Waals surface area contributed by atoms with Crippen molar-refractivity contribution in [3.05, 3.63) is 18.2 Å². The van der Waals surface area contributed by atoms with E-state index in [1.165, 1.54) is 17.4 Å². The van der Waals surface area contributed by atoms with Crippen molar-refractivity contribution in [2.75, 3.05) is 31.2 Å². The van der Waals surface area contributed by atoms with Crippen molar-refractivity contribution in [2.45, 2.75) is 133 Å². The number of nitrogens with zero attached hydrogens (tertiary/aromatic N) is 3. The van der Waals surface area contributed by atoms with E-state index in [2.05, 4.69) is 77.4 Å². The van der Waals surface area contributed by atoms with E-state index in [-0.39, 0.29) is 67.8 Å². The third kappa shape index (κ3) is 19.3. The number of aliphatic hydroxyl groups excluding tert-OH is 3. The number of nitrogens with one attached hydrogen (secondary N) is 8. The molecular weight excluding hydrogens is 949 g/mol. The smallest absolute Gasteiger partial charge is 0.327 e. The largest absolute Gasteiger partial charge is 0.480 e. The first-order chi connectivity index (χ1) is 32.4. The summed E-state index contributed by atoms with van der Waals surface area (Å²) in [5, 5.41) is 57.3. The number of nitrogens with two attached hydrogens (primary N) is 3. The number of guanidine groups is 1. The van der Waals surface area contributed by atoms with Crippen LogP contribution in [0.1, 0.15) is 65.5 Å². The number of hydrogen-bond acceptors (Lipinski definition) is 17. The Labute approximate surface area is 409 Å². The van der Waals surface area contributed by atoms with Crippen LogP contribution in [0.25, 0.3) is 0 Å². The monoisotopic (exact) mass is 1020 g/mol. The first-order valence-corrected chi connectivity index (χ1v) is 23.3. The predicted octanol–water partition coefficient (Wildman–Crippen LogP) is -6.54. The zero-order chi connectivity index (χ0) is 52.1. The standard InChI is InChI=1S/C40H68N14O13S2/c1-18(2)11-24(49-35(62)28-8-6-10-54(28)38(65)22(41)15-68)32(59)47-23(7-5-9-45-40(42)43)31(58)52-29(19(3)56)36(63)50-26(14-55)34(61)48-25(12-21-13-44-17-46-21)33(60)53-30(20(4)57)37(64)51-27(16-69)39(66)67/h13,17-20,22-30,55-57,68-69H,5-12,14-16,41H2,1-4H3,(H,44,46)(H,47,59)(H,48,61)(H,49,62)(H,50,63)(H,51,64)(H,52,58)(H,53,60)(H,66,67)(H4,42,43,45)/t19-,20-,22+,23+,24+,25+,26+,27+,28+,29+,30+/m1/s1. The highest BCUT2D eigenvalue weighted by Gasteiger charge is 2.39. The molecule has 388 valence electrons. The van der Waals surface area contributed by atoms with E-state index in [0.29, 0.717) is 12.8 Å². The SMILES string of the molecule is CC(C)C[C@H](NC(=O)[C@@H]1CCCN1C(=O)[C@@H](N)CS)C(=O)N[C@@H](CCCN=C(N)N)C(=O)N[C@H](C(=O)N[C@@H](CO)C(=O)N[C@@H](Cc1cnc[nH]1)C(=O)N[C@H](C(=O)N[C@@H](CS)C(=O)O)[C@@H](C)O)[C@@H](C)O. The summed E-state index contributed by atoms with van der Waals surface area (Å²) in [5.41, 5.74) is 17.1. The minimum atomic E-state index is -1.84. The number of rotatable bonds is 29. The molecule has 1 aromatic heterocycles. The van der Waals surface area contributed by atoms with Crippen LogP contribution in [0.5, 0.6) is 0 Å². The molecule has 11 atom stereocenters. The minimum absolute atomic E-state index is 0.00916. The van der Waals surface area contributed by atoms with Crippen LogP contribution in [0.15, 0.2) is 17.5 Å². The molecule has 0 spiro atoms. The lowest BCUT2D eigenvalue weighted by Gasteiger charge is -2.30. The van der Waals surface area contributed by atoms with E-state index in [4.69, 9.17) is 17.2 Å². The van der Waals surface area contributed by atoms with E-state index in [1.54, 1.807) is 13.8 Å². The van der Waals surface area contributed by atoms with Crippen molar-refractivity contribution in [3.8, 4) is 0 Å². The third-order valence-electron chi connectivity index (χ3n) is 10.6. The molecular formula is C40H68N14O13S2. The lowest BCUT2D eigenvalue weighted by atomic mass is 10.0. The zero-order valence-corrected chi connectivity index (χ0v) is 40.6. The average Bonchev–Trinajstić information content (AvgIpc) is 4.00. The van der Waals surface area contributed by atoms with Crippen LogP contribution in [-0.2, 0) is 49.6 Å². The van der Waals surface area contributed by atoms with E-state index in [9.17, 15) is 63.6 Å². The molecule has 0 aliphatic carbocycles. The number of aromatic amines is 1. The third-order valence-corrected chi connectivity index (χ3v) is 11.4. The summed E-state index contributed by atoms with van der Waals surface area (Å²) in [6.45, 7) is 5.06. The minimum Gasteiger partial charge on any atom is -0.480 e. The number of aliphatic imine (C=N–C) groups is 1. The maximum absolute atomic E-state index is 14.0. The van der Waals surface area contributed by atoms with Gasteiger partial charge in [-0.05, 0) is 51.9 Å². The summed E-state index contributed by atoms with van der Waals surface area (Å²) >= 11 is 7.97. The van der Waals surface area contributed by atoms with Crippen LogP contribution < -0.4 is 54.4 Å². The van der Waals surface area contributed by atoms with Gasteiger partial charge in [-0.1, -0.05) is 13.8 Å². The number of likely N-dealkylation sites (tertiary alicyclic amines) is 1. The van der Waals surface area contributed by atoms with Crippen LogP contribution in [0, 0.1) is 5.92 Å². The zero-order valence-electron chi connectivity index (χ0n) is 38.8. The highest BCUT2D eigenvalue weighted by Crippen LogP contribution is 2.20. The van der Waals surface area contributed by atoms with Crippen LogP contribution in [-0.4, -0.2) is 192 Å². The molecule has 69 heavy (non-hydrogen) atoms. The molecule has 27 nitrogen and oxygen atoms in total. The fourth-order valence-corrected chi connectivity index (χ4v) is 7.33. The molecule has 1 fully saturated rings. The molecule has 1 aromatic rings. The van der Waals surface area contributed by atoms with Crippen molar-refractivity contribution < 1.29 is 63.6 Å². The molecule has 0 unspecified atom stereocenters. The number of carboxylic acids is 1. The molecule has 0 radical (unpaired) electrons. The van der Waals surface area contributed by atoms with Gasteiger partial charge in [-0.2, -0.15) is 25.3 Å². The Morgan fingerprint density at radius 1 is 0.783 bits per heavy atom. The van der Waals surface area contributed by atoms with Crippen molar-refractivity contribution in [2.24, 2.45) is 28.1 Å². The normalized spacial score (nSPS) is 17.8. The van der Waals surface area contributed by atoms with Crippen LogP contribution in [0.4, 0.5) is 0 Å². The number of carbonyl (C=O) groups excluding carboxylic acids is 8. The predicted molar refractivity (Wildman–Crippen MR) is 254 cm³/mol. The van der Waals surface area contributed by atoms with E-state index in [1.807, 2.05) is 0 Å². The molecule has 8 amide bonds. The Morgan fingerprint density at radius 2 is 1.32 bits per heavy atom. The number of imidazole rings is 1. The summed E-state index contributed by atoms with van der Waals surface area (Å²) in [6.07, 6.45) is -0.0907. The first-order valence-electron chi connectivity index (χ1n) is 22.1. The molecule has 1 aliphatic rings. The maximum atomic E-state index is 14.0. The van der Waals surface area contributed by atoms with Crippen molar-refractivity contribution in [3.63, 3.8) is 0 Å². The Morgan fingerprint density at radius 3 is 1.81 bits per heavy atom. The van der Waals surface area contributed by atoms with Gasteiger partial charge in [0.1, 0.15) is 48.3 Å². The number of hydrogen-bond donors (Lipinski definition) is 17. The van der Waals surface area contributed by atoms with Gasteiger partial charge >= 0.3 is 5.97 Å². The summed E-state index contributed by atoms with van der Waals surface area (Å²) in [7, 11) is 0. The van der Waals surface area contributed by atoms with Gasteiger partial charge in [0.15, 0.2) is 5.96 Å². The van der Waals surface area contributed by atoms with E-state index >= 15 is 0 Å². The Hall–Kier alpha value is -5.75. The van der Waals surface area contributed by atoms with Gasteiger partial charge < -0.3 is 84.7 Å². The molecule has 2 rings (SSSR count). The van der Waals surface area contributed by atoms with Gasteiger partial charge in [0.25, 0.3) is 0 Å². The summed E-state index contributed by atoms with van der Waals surface area (Å²) < 4.78 is 0. The Bertz CT molecular complexity index is 1940. The molecule has 0 saturated carbocycles. The van der Waals surface area contributed by atoms with Gasteiger partial charge in [0.2, 0.25) is 47.3 Å². The van der Waals surface area contributed by atoms with Gasteiger partial charge in [0, 0.05) is 42.9 Å². The van der Waals surface area contributed by atoms with E-state index in [0.717, 1.165) is 13.8 Å². The van der Waals surface area contributed by atoms with Crippen molar-refractivity contribution in [1.29, 1.82) is 0 Å². The quantitative estimate of drug-likeness (QED) is 0.0154. The molecule has 18 N–H and O–H groups in total. The topological polar surface area (TPSA) is 441 Å².